The van der Waals surface area contributed by atoms with Gasteiger partial charge >= 0.3 is 0 Å². The van der Waals surface area contributed by atoms with E-state index < -0.39 is 0 Å². The number of hydrogen-bond donors (Lipinski definition) is 2. The van der Waals surface area contributed by atoms with Crippen LogP contribution in [-0.4, -0.2) is 22.6 Å². The molecule has 0 aromatic carbocycles. The van der Waals surface area contributed by atoms with Crippen LogP contribution in [0.4, 0.5) is 5.13 Å². The number of aromatic nitrogens is 2. The van der Waals surface area contributed by atoms with Crippen molar-refractivity contribution in [2.24, 2.45) is 5.73 Å². The number of nitrogens with two attached hydrogens (primary N) is 1. The Labute approximate surface area is 106 Å². The van der Waals surface area contributed by atoms with Crippen LogP contribution in [0.5, 0.6) is 0 Å². The Hall–Kier alpha value is -1.75. The second-order valence-electron chi connectivity index (χ2n) is 2.90. The van der Waals surface area contributed by atoms with E-state index in [0.717, 1.165) is 4.88 Å². The van der Waals surface area contributed by atoms with Crippen LogP contribution in [-0.2, 0) is 0 Å². The molecule has 0 aliphatic carbocycles. The number of carbonyl (C=O) groups is 1. The van der Waals surface area contributed by atoms with Crippen molar-refractivity contribution in [3.63, 3.8) is 0 Å². The first-order chi connectivity index (χ1) is 8.29. The van der Waals surface area contributed by atoms with E-state index in [1.165, 1.54) is 22.7 Å². The summed E-state index contributed by atoms with van der Waals surface area (Å²) in [6.45, 7) is 0.310. The van der Waals surface area contributed by atoms with Crippen LogP contribution < -0.4 is 11.1 Å². The molecule has 1 amide bonds. The molecule has 0 aliphatic rings. The fourth-order valence-electron chi connectivity index (χ4n) is 1.06. The molecular weight excluding hydrogens is 256 g/mol. The molecule has 7 heteroatoms. The minimum Gasteiger partial charge on any atom is -0.320 e. The summed E-state index contributed by atoms with van der Waals surface area (Å²) in [5, 5.41) is 12.2. The summed E-state index contributed by atoms with van der Waals surface area (Å²) >= 11 is 2.68. The highest BCUT2D eigenvalue weighted by molar-refractivity contribution is 7.13. The van der Waals surface area contributed by atoms with Crippen molar-refractivity contribution >= 4 is 33.7 Å². The zero-order valence-corrected chi connectivity index (χ0v) is 10.3. The van der Waals surface area contributed by atoms with Crippen molar-refractivity contribution in [2.75, 3.05) is 11.9 Å². The number of rotatable bonds is 2. The summed E-state index contributed by atoms with van der Waals surface area (Å²) in [6, 6.07) is 1.73. The Morgan fingerprint density at radius 2 is 2.41 bits per heavy atom. The predicted molar refractivity (Wildman–Crippen MR) is 68.1 cm³/mol. The van der Waals surface area contributed by atoms with Gasteiger partial charge in [-0.05, 0) is 6.07 Å². The largest absolute Gasteiger partial charge is 0.320 e. The van der Waals surface area contributed by atoms with E-state index in [2.05, 4.69) is 27.4 Å². The van der Waals surface area contributed by atoms with Crippen molar-refractivity contribution in [2.45, 2.75) is 0 Å². The second kappa shape index (κ2) is 5.54. The summed E-state index contributed by atoms with van der Waals surface area (Å²) in [6.07, 6.45) is 0. The van der Waals surface area contributed by atoms with Crippen LogP contribution in [0.1, 0.15) is 15.2 Å². The Morgan fingerprint density at radius 1 is 1.53 bits per heavy atom. The standard InChI is InChI=1S/C10H8N4OS2/c11-3-1-2-8-4-7(5-16-8)9(15)13-10-14-12-6-17-10/h4-6H,3,11H2,(H,13,14,15). The first kappa shape index (κ1) is 11.7. The zero-order chi connectivity index (χ0) is 12.1. The minimum atomic E-state index is -0.209. The van der Waals surface area contributed by atoms with E-state index in [1.807, 2.05) is 0 Å². The van der Waals surface area contributed by atoms with Gasteiger partial charge in [0.15, 0.2) is 0 Å². The van der Waals surface area contributed by atoms with Crippen LogP contribution in [0.3, 0.4) is 0 Å². The summed E-state index contributed by atoms with van der Waals surface area (Å²) in [5.41, 5.74) is 7.39. The number of carbonyl (C=O) groups excluding carboxylic acids is 1. The van der Waals surface area contributed by atoms with Crippen LogP contribution in [0.2, 0.25) is 0 Å². The molecule has 0 radical (unpaired) electrons. The van der Waals surface area contributed by atoms with Crippen molar-refractivity contribution in [3.8, 4) is 11.8 Å². The van der Waals surface area contributed by atoms with Crippen LogP contribution in [0, 0.1) is 11.8 Å². The predicted octanol–water partition coefficient (Wildman–Crippen LogP) is 1.16. The highest BCUT2D eigenvalue weighted by Gasteiger charge is 2.09. The molecule has 86 valence electrons. The number of hydrogen-bond acceptors (Lipinski definition) is 6. The Kier molecular flexibility index (Phi) is 3.82. The fraction of sp³-hybridized carbons (Fsp3) is 0.100. The van der Waals surface area contributed by atoms with Crippen LogP contribution >= 0.6 is 22.7 Å². The van der Waals surface area contributed by atoms with Crippen LogP contribution in [0.15, 0.2) is 17.0 Å². The molecule has 2 aromatic rings. The molecule has 2 rings (SSSR count). The van der Waals surface area contributed by atoms with E-state index in [-0.39, 0.29) is 5.91 Å². The van der Waals surface area contributed by atoms with E-state index >= 15 is 0 Å². The van der Waals surface area contributed by atoms with Gasteiger partial charge in [-0.2, -0.15) is 0 Å². The quantitative estimate of drug-likeness (QED) is 0.798. The third-order valence-corrected chi connectivity index (χ3v) is 3.21. The molecule has 5 nitrogen and oxygen atoms in total. The van der Waals surface area contributed by atoms with E-state index in [4.69, 9.17) is 5.73 Å². The van der Waals surface area contributed by atoms with Gasteiger partial charge in [-0.3, -0.25) is 10.1 Å². The van der Waals surface area contributed by atoms with Gasteiger partial charge in [-0.1, -0.05) is 23.2 Å². The Bertz CT molecular complexity index is 565. The lowest BCUT2D eigenvalue weighted by Gasteiger charge is -1.96. The van der Waals surface area contributed by atoms with Crippen molar-refractivity contribution in [1.82, 2.24) is 10.2 Å². The third-order valence-electron chi connectivity index (χ3n) is 1.76. The Morgan fingerprint density at radius 3 is 3.12 bits per heavy atom. The normalized spacial score (nSPS) is 9.47. The lowest BCUT2D eigenvalue weighted by molar-refractivity contribution is 0.102. The summed E-state index contributed by atoms with van der Waals surface area (Å²) < 4.78 is 0. The minimum absolute atomic E-state index is 0.209. The molecule has 2 heterocycles. The third kappa shape index (κ3) is 3.10. The number of anilines is 1. The first-order valence-corrected chi connectivity index (χ1v) is 6.40. The maximum atomic E-state index is 11.8. The van der Waals surface area contributed by atoms with Gasteiger partial charge in [-0.15, -0.1) is 21.5 Å². The molecule has 0 aliphatic heterocycles. The van der Waals surface area contributed by atoms with E-state index in [1.54, 1.807) is 17.0 Å². The molecule has 2 aromatic heterocycles. The van der Waals surface area contributed by atoms with E-state index in [9.17, 15) is 4.79 Å². The van der Waals surface area contributed by atoms with Crippen molar-refractivity contribution < 1.29 is 4.79 Å². The maximum Gasteiger partial charge on any atom is 0.258 e. The SMILES string of the molecule is NCC#Cc1cc(C(=O)Nc2nncs2)cs1. The van der Waals surface area contributed by atoms with Gasteiger partial charge in [0.05, 0.1) is 17.0 Å². The van der Waals surface area contributed by atoms with E-state index in [0.29, 0.717) is 17.2 Å². The summed E-state index contributed by atoms with van der Waals surface area (Å²) in [7, 11) is 0. The topological polar surface area (TPSA) is 80.9 Å². The highest BCUT2D eigenvalue weighted by Crippen LogP contribution is 2.16. The Balaban J connectivity index is 2.07. The molecule has 0 unspecified atom stereocenters. The maximum absolute atomic E-state index is 11.8. The van der Waals surface area contributed by atoms with Gasteiger partial charge in [0, 0.05) is 5.38 Å². The summed E-state index contributed by atoms with van der Waals surface area (Å²) in [5.74, 6) is 5.41. The van der Waals surface area contributed by atoms with Gasteiger partial charge in [0.1, 0.15) is 5.51 Å². The summed E-state index contributed by atoms with van der Waals surface area (Å²) in [4.78, 5) is 12.6. The zero-order valence-electron chi connectivity index (χ0n) is 8.64. The molecule has 0 saturated carbocycles. The average molecular weight is 264 g/mol. The molecule has 0 saturated heterocycles. The molecule has 0 atom stereocenters. The van der Waals surface area contributed by atoms with Gasteiger partial charge in [-0.25, -0.2) is 0 Å². The molecular formula is C10H8N4OS2. The molecule has 0 fully saturated rings. The first-order valence-electron chi connectivity index (χ1n) is 4.64. The lowest BCUT2D eigenvalue weighted by Crippen LogP contribution is -2.10. The number of thiophene rings is 1. The number of nitrogens with zero attached hydrogens (tertiary/aromatic N) is 2. The van der Waals surface area contributed by atoms with Gasteiger partial charge in [0.25, 0.3) is 5.91 Å². The highest BCUT2D eigenvalue weighted by atomic mass is 32.1. The van der Waals surface area contributed by atoms with Crippen LogP contribution in [0.25, 0.3) is 0 Å². The van der Waals surface area contributed by atoms with Crippen molar-refractivity contribution in [3.05, 3.63) is 27.4 Å². The molecule has 17 heavy (non-hydrogen) atoms. The van der Waals surface area contributed by atoms with Gasteiger partial charge in [0.2, 0.25) is 5.13 Å². The average Bonchev–Trinajstić information content (AvgIpc) is 2.96. The number of amides is 1. The fourth-order valence-corrected chi connectivity index (χ4v) is 2.25. The van der Waals surface area contributed by atoms with Gasteiger partial charge < -0.3 is 5.73 Å². The monoisotopic (exact) mass is 264 g/mol. The molecule has 0 bridgehead atoms. The number of nitrogens with one attached hydrogen (secondary N) is 1. The molecule has 3 N–H and O–H groups in total. The van der Waals surface area contributed by atoms with Crippen molar-refractivity contribution in [1.29, 1.82) is 0 Å². The smallest absolute Gasteiger partial charge is 0.258 e. The second-order valence-corrected chi connectivity index (χ2v) is 4.65. The lowest BCUT2D eigenvalue weighted by atomic mass is 10.3. The molecule has 0 spiro atoms.